The Labute approximate surface area is 188 Å². The van der Waals surface area contributed by atoms with Crippen molar-refractivity contribution in [1.82, 2.24) is 14.9 Å². The van der Waals surface area contributed by atoms with Gasteiger partial charge in [-0.15, -0.1) is 0 Å². The van der Waals surface area contributed by atoms with Crippen LogP contribution in [-0.2, 0) is 9.84 Å². The molecular formula is C21H28ClN5O3S. The number of ether oxygens (including phenoxy) is 1. The number of hydrogen-bond donors (Lipinski definition) is 1. The zero-order valence-corrected chi connectivity index (χ0v) is 19.2. The van der Waals surface area contributed by atoms with Crippen molar-refractivity contribution in [2.24, 2.45) is 0 Å². The fraction of sp³-hybridized carbons (Fsp3) is 0.524. The summed E-state index contributed by atoms with van der Waals surface area (Å²) < 4.78 is 31.2. The molecule has 1 aromatic heterocycles. The van der Waals surface area contributed by atoms with Crippen LogP contribution in [0.4, 0.5) is 11.8 Å². The molecule has 2 aliphatic heterocycles. The fourth-order valence-corrected chi connectivity index (χ4v) is 6.00. The number of rotatable bonds is 5. The zero-order valence-electron chi connectivity index (χ0n) is 17.6. The Hall–Kier alpha value is -2.10. The van der Waals surface area contributed by atoms with Crippen molar-refractivity contribution in [2.45, 2.75) is 47.9 Å². The molecule has 0 aliphatic carbocycles. The predicted octanol–water partition coefficient (Wildman–Crippen LogP) is 3.01. The molecule has 0 bridgehead atoms. The minimum absolute atomic E-state index is 0.0173. The number of nitrogen functional groups attached to an aromatic ring is 1. The summed E-state index contributed by atoms with van der Waals surface area (Å²) in [6, 6.07) is 4.88. The lowest BCUT2D eigenvalue weighted by Gasteiger charge is -2.40. The van der Waals surface area contributed by atoms with Crippen LogP contribution in [0.1, 0.15) is 32.1 Å². The number of anilines is 2. The molecular weight excluding hydrogens is 438 g/mol. The molecule has 0 saturated carbocycles. The van der Waals surface area contributed by atoms with Gasteiger partial charge in [-0.1, -0.05) is 18.0 Å². The van der Waals surface area contributed by atoms with Crippen LogP contribution in [-0.4, -0.2) is 62.6 Å². The zero-order chi connectivity index (χ0) is 22.0. The maximum atomic E-state index is 13.0. The maximum absolute atomic E-state index is 13.0. The molecule has 2 fully saturated rings. The highest BCUT2D eigenvalue weighted by molar-refractivity contribution is 7.91. The lowest BCUT2D eigenvalue weighted by atomic mass is 10.0. The van der Waals surface area contributed by atoms with Gasteiger partial charge >= 0.3 is 0 Å². The molecule has 2 aliphatic rings. The highest BCUT2D eigenvalue weighted by Crippen LogP contribution is 2.32. The summed E-state index contributed by atoms with van der Waals surface area (Å²) >= 11 is 6.10. The first kappa shape index (κ1) is 22.1. The summed E-state index contributed by atoms with van der Waals surface area (Å²) in [6.07, 6.45) is 7.30. The number of piperidine rings is 2. The summed E-state index contributed by atoms with van der Waals surface area (Å²) in [5.74, 6) is 0.810. The number of halogens is 1. The quantitative estimate of drug-likeness (QED) is 0.718. The second-order valence-electron chi connectivity index (χ2n) is 8.03. The van der Waals surface area contributed by atoms with Gasteiger partial charge in [0.25, 0.3) is 0 Å². The summed E-state index contributed by atoms with van der Waals surface area (Å²) in [4.78, 5) is 13.2. The molecule has 3 heterocycles. The Bertz CT molecular complexity index is 1040. The Morgan fingerprint density at radius 3 is 2.45 bits per heavy atom. The number of nitrogens with two attached hydrogens (primary N) is 1. The third-order valence-corrected chi connectivity index (χ3v) is 8.21. The van der Waals surface area contributed by atoms with Crippen molar-refractivity contribution in [3.05, 3.63) is 29.4 Å². The number of likely N-dealkylation sites (tertiary alicyclic amines) is 1. The molecule has 4 rings (SSSR count). The third kappa shape index (κ3) is 4.58. The highest BCUT2D eigenvalue weighted by atomic mass is 35.5. The van der Waals surface area contributed by atoms with Crippen LogP contribution >= 0.6 is 11.6 Å². The van der Waals surface area contributed by atoms with Gasteiger partial charge in [0.05, 0.1) is 23.2 Å². The molecule has 0 radical (unpaired) electrons. The van der Waals surface area contributed by atoms with E-state index >= 15 is 0 Å². The molecule has 10 heteroatoms. The maximum Gasteiger partial charge on any atom is 0.227 e. The highest BCUT2D eigenvalue weighted by Gasteiger charge is 2.28. The smallest absolute Gasteiger partial charge is 0.227 e. The normalized spacial score (nSPS) is 18.8. The third-order valence-electron chi connectivity index (χ3n) is 6.15. The van der Waals surface area contributed by atoms with Crippen LogP contribution in [0.15, 0.2) is 34.2 Å². The van der Waals surface area contributed by atoms with E-state index < -0.39 is 9.84 Å². The second kappa shape index (κ2) is 9.18. The summed E-state index contributed by atoms with van der Waals surface area (Å²) in [5, 5.41) is 0.205. The summed E-state index contributed by atoms with van der Waals surface area (Å²) in [7, 11) is -2.44. The Balaban J connectivity index is 1.49. The molecule has 168 valence electrons. The van der Waals surface area contributed by atoms with Gasteiger partial charge in [-0.05, 0) is 57.0 Å². The molecule has 0 atom stereocenters. The van der Waals surface area contributed by atoms with Gasteiger partial charge in [-0.25, -0.2) is 13.4 Å². The lowest BCUT2D eigenvalue weighted by Crippen LogP contribution is -2.47. The van der Waals surface area contributed by atoms with E-state index in [1.165, 1.54) is 63.9 Å². The average molecular weight is 466 g/mol. The molecule has 31 heavy (non-hydrogen) atoms. The Kier molecular flexibility index (Phi) is 6.55. The molecule has 2 N–H and O–H groups in total. The standard InChI is InChI=1S/C21H28ClN5O3S/c1-30-18-6-5-16(13-17(18)22)31(28,29)19-14-24-21(25-20(19)23)27-11-7-15(8-12-27)26-9-3-2-4-10-26/h5-6,13-15H,2-4,7-12H2,1H3,(H2,23,24,25). The van der Waals surface area contributed by atoms with Gasteiger partial charge < -0.3 is 20.3 Å². The van der Waals surface area contributed by atoms with Crippen LogP contribution < -0.4 is 15.4 Å². The van der Waals surface area contributed by atoms with E-state index in [4.69, 9.17) is 22.1 Å². The first-order valence-corrected chi connectivity index (χ1v) is 12.5. The number of benzene rings is 1. The van der Waals surface area contributed by atoms with Crippen molar-refractivity contribution in [1.29, 1.82) is 0 Å². The molecule has 8 nitrogen and oxygen atoms in total. The van der Waals surface area contributed by atoms with E-state index in [0.717, 1.165) is 25.9 Å². The van der Waals surface area contributed by atoms with Crippen LogP contribution in [0.25, 0.3) is 0 Å². The SMILES string of the molecule is COc1ccc(S(=O)(=O)c2cnc(N3CCC(N4CCCCC4)CC3)nc2N)cc1Cl. The monoisotopic (exact) mass is 465 g/mol. The van der Waals surface area contributed by atoms with Crippen molar-refractivity contribution < 1.29 is 13.2 Å². The first-order chi connectivity index (χ1) is 14.9. The van der Waals surface area contributed by atoms with E-state index in [2.05, 4.69) is 19.8 Å². The number of nitrogens with zero attached hydrogens (tertiary/aromatic N) is 4. The number of methoxy groups -OCH3 is 1. The van der Waals surface area contributed by atoms with Gasteiger partial charge in [-0.2, -0.15) is 4.98 Å². The van der Waals surface area contributed by atoms with Crippen molar-refractivity contribution in [3.8, 4) is 5.75 Å². The summed E-state index contributed by atoms with van der Waals surface area (Å²) in [6.45, 7) is 4.05. The average Bonchev–Trinajstić information content (AvgIpc) is 2.79. The molecule has 2 saturated heterocycles. The predicted molar refractivity (Wildman–Crippen MR) is 121 cm³/mol. The first-order valence-electron chi connectivity index (χ1n) is 10.6. The van der Waals surface area contributed by atoms with Gasteiger partial charge in [0, 0.05) is 19.1 Å². The van der Waals surface area contributed by atoms with Gasteiger partial charge in [-0.3, -0.25) is 0 Å². The second-order valence-corrected chi connectivity index (χ2v) is 10.4. The Morgan fingerprint density at radius 2 is 1.84 bits per heavy atom. The largest absolute Gasteiger partial charge is 0.495 e. The topological polar surface area (TPSA) is 102 Å². The van der Waals surface area contributed by atoms with Gasteiger partial charge in [0.15, 0.2) is 0 Å². The van der Waals surface area contributed by atoms with E-state index in [1.807, 2.05) is 0 Å². The molecule has 0 spiro atoms. The Morgan fingerprint density at radius 1 is 1.13 bits per heavy atom. The van der Waals surface area contributed by atoms with Gasteiger partial charge in [0.1, 0.15) is 16.5 Å². The van der Waals surface area contributed by atoms with E-state index in [-0.39, 0.29) is 20.6 Å². The molecule has 2 aromatic rings. The molecule has 1 aromatic carbocycles. The van der Waals surface area contributed by atoms with Crippen molar-refractivity contribution >= 4 is 33.2 Å². The van der Waals surface area contributed by atoms with Crippen LogP contribution in [0.2, 0.25) is 5.02 Å². The number of aromatic nitrogens is 2. The van der Waals surface area contributed by atoms with Crippen LogP contribution in [0, 0.1) is 0 Å². The minimum atomic E-state index is -3.90. The molecule has 0 amide bonds. The van der Waals surface area contributed by atoms with E-state index in [9.17, 15) is 8.42 Å². The van der Waals surface area contributed by atoms with Crippen molar-refractivity contribution in [2.75, 3.05) is 43.9 Å². The van der Waals surface area contributed by atoms with Crippen LogP contribution in [0.3, 0.4) is 0 Å². The number of hydrogen-bond acceptors (Lipinski definition) is 8. The molecule has 0 unspecified atom stereocenters. The van der Waals surface area contributed by atoms with Gasteiger partial charge in [0.2, 0.25) is 15.8 Å². The van der Waals surface area contributed by atoms with Crippen LogP contribution in [0.5, 0.6) is 5.75 Å². The van der Waals surface area contributed by atoms with E-state index in [0.29, 0.717) is 17.7 Å². The van der Waals surface area contributed by atoms with E-state index in [1.54, 1.807) is 0 Å². The fourth-order valence-electron chi connectivity index (χ4n) is 4.39. The lowest BCUT2D eigenvalue weighted by molar-refractivity contribution is 0.141. The number of sulfone groups is 1. The van der Waals surface area contributed by atoms with Crippen molar-refractivity contribution in [3.63, 3.8) is 0 Å². The summed E-state index contributed by atoms with van der Waals surface area (Å²) in [5.41, 5.74) is 6.07. The minimum Gasteiger partial charge on any atom is -0.495 e.